The van der Waals surface area contributed by atoms with E-state index in [9.17, 15) is 19.5 Å². The number of para-hydroxylation sites is 1. The van der Waals surface area contributed by atoms with Crippen molar-refractivity contribution in [3.63, 3.8) is 0 Å². The molecular weight excluding hydrogens is 520 g/mol. The monoisotopic (exact) mass is 554 g/mol. The molecule has 0 saturated heterocycles. The molecule has 10 heteroatoms. The molecule has 1 aliphatic heterocycles. The average molecular weight is 555 g/mol. The van der Waals surface area contributed by atoms with E-state index in [1.165, 1.54) is 4.68 Å². The predicted octanol–water partition coefficient (Wildman–Crippen LogP) is 4.69. The molecule has 3 aromatic rings. The van der Waals surface area contributed by atoms with Crippen LogP contribution in [0.25, 0.3) is 5.69 Å². The predicted molar refractivity (Wildman–Crippen MR) is 152 cm³/mol. The minimum atomic E-state index is -0.712. The van der Waals surface area contributed by atoms with Crippen LogP contribution in [0.3, 0.4) is 0 Å². The van der Waals surface area contributed by atoms with Crippen LogP contribution in [0.15, 0.2) is 47.3 Å². The third-order valence-electron chi connectivity index (χ3n) is 6.65. The molecule has 2 amide bonds. The van der Waals surface area contributed by atoms with E-state index in [2.05, 4.69) is 10.6 Å². The molecule has 0 spiro atoms. The van der Waals surface area contributed by atoms with Gasteiger partial charge in [0, 0.05) is 29.8 Å². The fraction of sp³-hybridized carbons (Fsp3) is 0.414. The van der Waals surface area contributed by atoms with Gasteiger partial charge < -0.3 is 20.5 Å². The first-order valence-corrected chi connectivity index (χ1v) is 13.3. The summed E-state index contributed by atoms with van der Waals surface area (Å²) >= 11 is 6.28. The maximum Gasteiger partial charge on any atom is 0.295 e. The SMILES string of the molecule is Cc1c(NC(=O)CC(C)(C)CC(=O)Nc2cc(Cl)cc3c2OC(C)(C)C3)c(=O)n(-c2ccccc2)n1CCO. The Hall–Kier alpha value is -3.56. The van der Waals surface area contributed by atoms with Crippen molar-refractivity contribution >= 4 is 34.8 Å². The number of halogens is 1. The van der Waals surface area contributed by atoms with Gasteiger partial charge in [0.25, 0.3) is 5.56 Å². The Labute approximate surface area is 232 Å². The minimum absolute atomic E-state index is 0.00695. The van der Waals surface area contributed by atoms with E-state index in [1.54, 1.807) is 29.8 Å². The van der Waals surface area contributed by atoms with Gasteiger partial charge in [-0.15, -0.1) is 0 Å². The summed E-state index contributed by atoms with van der Waals surface area (Å²) < 4.78 is 9.11. The molecule has 39 heavy (non-hydrogen) atoms. The van der Waals surface area contributed by atoms with Crippen molar-refractivity contribution in [1.29, 1.82) is 0 Å². The second kappa shape index (κ2) is 10.9. The summed E-state index contributed by atoms with van der Waals surface area (Å²) in [7, 11) is 0. The van der Waals surface area contributed by atoms with E-state index in [4.69, 9.17) is 16.3 Å². The van der Waals surface area contributed by atoms with Crippen molar-refractivity contribution in [2.75, 3.05) is 17.2 Å². The second-order valence-corrected chi connectivity index (χ2v) is 11.8. The number of hydrogen-bond acceptors (Lipinski definition) is 5. The van der Waals surface area contributed by atoms with Gasteiger partial charge in [0.1, 0.15) is 17.0 Å². The van der Waals surface area contributed by atoms with Crippen molar-refractivity contribution in [2.45, 2.75) is 66.0 Å². The van der Waals surface area contributed by atoms with Crippen molar-refractivity contribution in [3.05, 3.63) is 69.1 Å². The summed E-state index contributed by atoms with van der Waals surface area (Å²) in [5.41, 5.74) is 1.24. The minimum Gasteiger partial charge on any atom is -0.485 e. The maximum atomic E-state index is 13.3. The topological polar surface area (TPSA) is 115 Å². The summed E-state index contributed by atoms with van der Waals surface area (Å²) in [5.74, 6) is -0.0452. The van der Waals surface area contributed by atoms with Crippen LogP contribution in [-0.2, 0) is 22.6 Å². The number of nitrogens with zero attached hydrogens (tertiary/aromatic N) is 2. The molecule has 0 unspecified atom stereocenters. The van der Waals surface area contributed by atoms with Crippen LogP contribution >= 0.6 is 11.6 Å². The number of aromatic nitrogens is 2. The molecule has 2 aromatic carbocycles. The van der Waals surface area contributed by atoms with Crippen molar-refractivity contribution in [1.82, 2.24) is 9.36 Å². The summed E-state index contributed by atoms with van der Waals surface area (Å²) in [6, 6.07) is 12.5. The van der Waals surface area contributed by atoms with Crippen LogP contribution in [0.5, 0.6) is 5.75 Å². The summed E-state index contributed by atoms with van der Waals surface area (Å²) in [6.07, 6.45) is 0.750. The standard InChI is InChI=1S/C29H35ClN4O5/c1-18-25(27(38)34(33(18)11-12-35)21-9-7-6-8-10-21)32-24(37)17-28(2,3)16-23(36)31-22-14-20(30)13-19-15-29(4,5)39-26(19)22/h6-10,13-14,35H,11-12,15-17H2,1-5H3,(H,31,36)(H,32,37). The van der Waals surface area contributed by atoms with Gasteiger partial charge in [-0.05, 0) is 50.5 Å². The van der Waals surface area contributed by atoms with E-state index in [-0.39, 0.29) is 43.5 Å². The zero-order valence-electron chi connectivity index (χ0n) is 22.9. The molecule has 0 bridgehead atoms. The van der Waals surface area contributed by atoms with Crippen LogP contribution in [0, 0.1) is 12.3 Å². The first-order valence-electron chi connectivity index (χ1n) is 12.9. The highest BCUT2D eigenvalue weighted by Gasteiger charge is 2.33. The van der Waals surface area contributed by atoms with Gasteiger partial charge in [-0.3, -0.25) is 19.1 Å². The summed E-state index contributed by atoms with van der Waals surface area (Å²) in [4.78, 5) is 39.4. The fourth-order valence-corrected chi connectivity index (χ4v) is 5.30. The highest BCUT2D eigenvalue weighted by atomic mass is 35.5. The number of fused-ring (bicyclic) bond motifs is 1. The third-order valence-corrected chi connectivity index (χ3v) is 6.87. The van der Waals surface area contributed by atoms with Gasteiger partial charge in [0.15, 0.2) is 0 Å². The summed E-state index contributed by atoms with van der Waals surface area (Å²) in [6.45, 7) is 9.32. The Kier molecular flexibility index (Phi) is 7.95. The Morgan fingerprint density at radius 3 is 2.38 bits per heavy atom. The molecule has 0 radical (unpaired) electrons. The van der Waals surface area contributed by atoms with Crippen LogP contribution in [0.4, 0.5) is 11.4 Å². The Bertz CT molecular complexity index is 1460. The molecule has 0 saturated carbocycles. The number of rotatable bonds is 9. The molecule has 4 rings (SSSR count). The van der Waals surface area contributed by atoms with Gasteiger partial charge in [-0.25, -0.2) is 4.68 Å². The number of benzene rings is 2. The number of nitrogens with one attached hydrogen (secondary N) is 2. The average Bonchev–Trinajstić information content (AvgIpc) is 3.26. The quantitative estimate of drug-likeness (QED) is 0.355. The van der Waals surface area contributed by atoms with Gasteiger partial charge in [0.2, 0.25) is 11.8 Å². The highest BCUT2D eigenvalue weighted by Crippen LogP contribution is 2.42. The molecule has 1 aromatic heterocycles. The van der Waals surface area contributed by atoms with Crippen molar-refractivity contribution in [2.24, 2.45) is 5.41 Å². The van der Waals surface area contributed by atoms with Crippen LogP contribution < -0.4 is 20.9 Å². The molecule has 0 aliphatic carbocycles. The van der Waals surface area contributed by atoms with Gasteiger partial charge >= 0.3 is 0 Å². The highest BCUT2D eigenvalue weighted by molar-refractivity contribution is 6.31. The molecule has 0 atom stereocenters. The molecule has 2 heterocycles. The van der Waals surface area contributed by atoms with E-state index in [1.807, 2.05) is 52.0 Å². The number of hydrogen-bond donors (Lipinski definition) is 3. The number of carbonyl (C=O) groups excluding carboxylic acids is 2. The molecule has 1 aliphatic rings. The molecule has 3 N–H and O–H groups in total. The zero-order chi connectivity index (χ0) is 28.5. The first-order chi connectivity index (χ1) is 18.3. The molecular formula is C29H35ClN4O5. The van der Waals surface area contributed by atoms with Crippen molar-refractivity contribution in [3.8, 4) is 11.4 Å². The van der Waals surface area contributed by atoms with E-state index < -0.39 is 16.6 Å². The van der Waals surface area contributed by atoms with Gasteiger partial charge in [-0.2, -0.15) is 0 Å². The lowest BCUT2D eigenvalue weighted by Gasteiger charge is -2.24. The maximum absolute atomic E-state index is 13.3. The fourth-order valence-electron chi connectivity index (χ4n) is 5.06. The number of amides is 2. The number of carbonyl (C=O) groups is 2. The van der Waals surface area contributed by atoms with E-state index >= 15 is 0 Å². The normalized spacial score (nSPS) is 14.0. The Morgan fingerprint density at radius 2 is 1.74 bits per heavy atom. The summed E-state index contributed by atoms with van der Waals surface area (Å²) in [5, 5.41) is 15.7. The molecule has 208 valence electrons. The zero-order valence-corrected chi connectivity index (χ0v) is 23.7. The largest absolute Gasteiger partial charge is 0.485 e. The van der Waals surface area contributed by atoms with Crippen LogP contribution in [0.1, 0.15) is 51.8 Å². The lowest BCUT2D eigenvalue weighted by Crippen LogP contribution is -2.29. The van der Waals surface area contributed by atoms with Gasteiger partial charge in [-0.1, -0.05) is 43.6 Å². The number of aliphatic hydroxyl groups excluding tert-OH is 1. The van der Waals surface area contributed by atoms with Crippen LogP contribution in [-0.4, -0.2) is 38.5 Å². The first kappa shape index (κ1) is 28.4. The van der Waals surface area contributed by atoms with Gasteiger partial charge in [0.05, 0.1) is 30.2 Å². The van der Waals surface area contributed by atoms with E-state index in [0.717, 1.165) is 5.56 Å². The Balaban J connectivity index is 1.47. The smallest absolute Gasteiger partial charge is 0.295 e. The number of ether oxygens (including phenoxy) is 1. The third kappa shape index (κ3) is 6.37. The number of aliphatic hydroxyl groups is 1. The second-order valence-electron chi connectivity index (χ2n) is 11.4. The van der Waals surface area contributed by atoms with Crippen LogP contribution in [0.2, 0.25) is 5.02 Å². The van der Waals surface area contributed by atoms with Crippen molar-refractivity contribution < 1.29 is 19.4 Å². The van der Waals surface area contributed by atoms with E-state index in [0.29, 0.717) is 34.3 Å². The molecule has 9 nitrogen and oxygen atoms in total. The Morgan fingerprint density at radius 1 is 1.10 bits per heavy atom. The molecule has 0 fully saturated rings. The lowest BCUT2D eigenvalue weighted by molar-refractivity contribution is -0.120. The lowest BCUT2D eigenvalue weighted by atomic mass is 9.85. The number of anilines is 2.